The quantitative estimate of drug-likeness (QED) is 0.677. The SMILES string of the molecule is CS(=O)(=O)Nc1cc(F)ccc1[S+](c1ccccc1)c1ccccc1. The minimum atomic E-state index is -3.53. The van der Waals surface area contributed by atoms with Crippen LogP contribution in [0.15, 0.2) is 93.5 Å². The van der Waals surface area contributed by atoms with E-state index >= 15 is 0 Å². The van der Waals surface area contributed by atoms with Gasteiger partial charge in [-0.25, -0.2) is 12.8 Å². The maximum Gasteiger partial charge on any atom is 0.229 e. The lowest BCUT2D eigenvalue weighted by Gasteiger charge is -2.12. The highest BCUT2D eigenvalue weighted by Gasteiger charge is 2.32. The molecule has 0 amide bonds. The number of rotatable bonds is 5. The average Bonchev–Trinajstić information content (AvgIpc) is 2.58. The smallest absolute Gasteiger partial charge is 0.229 e. The van der Waals surface area contributed by atoms with Gasteiger partial charge in [0.05, 0.1) is 6.26 Å². The van der Waals surface area contributed by atoms with Crippen LogP contribution in [0.2, 0.25) is 0 Å². The summed E-state index contributed by atoms with van der Waals surface area (Å²) in [5.41, 5.74) is 0.263. The normalized spacial score (nSPS) is 11.5. The lowest BCUT2D eigenvalue weighted by atomic mass is 10.3. The third-order valence-electron chi connectivity index (χ3n) is 3.41. The standard InChI is InChI=1S/C19H17FNO2S2/c1-25(22,23)21-18-14-15(20)12-13-19(18)24(16-8-4-2-5-9-16)17-10-6-3-7-11-17/h2-14,21H,1H3/q+1. The van der Waals surface area contributed by atoms with Gasteiger partial charge >= 0.3 is 0 Å². The molecule has 3 aromatic rings. The van der Waals surface area contributed by atoms with Gasteiger partial charge in [0.2, 0.25) is 10.0 Å². The Hall–Kier alpha value is -2.31. The third kappa shape index (κ3) is 4.41. The average molecular weight is 374 g/mol. The molecule has 0 radical (unpaired) electrons. The van der Waals surface area contributed by atoms with Crippen LogP contribution in [-0.4, -0.2) is 14.7 Å². The van der Waals surface area contributed by atoms with Crippen molar-refractivity contribution in [2.75, 3.05) is 11.0 Å². The number of nitrogens with one attached hydrogen (secondary N) is 1. The summed E-state index contributed by atoms with van der Waals surface area (Å²) in [6, 6.07) is 23.8. The summed E-state index contributed by atoms with van der Waals surface area (Å²) in [5.74, 6) is -0.487. The fraction of sp³-hybridized carbons (Fsp3) is 0.0526. The molecule has 0 heterocycles. The van der Waals surface area contributed by atoms with Gasteiger partial charge in [-0.15, -0.1) is 0 Å². The number of halogens is 1. The second-order valence-corrected chi connectivity index (χ2v) is 9.19. The highest BCUT2D eigenvalue weighted by atomic mass is 32.2. The van der Waals surface area contributed by atoms with Crippen LogP contribution in [0.3, 0.4) is 0 Å². The van der Waals surface area contributed by atoms with E-state index in [1.54, 1.807) is 6.07 Å². The molecule has 0 atom stereocenters. The van der Waals surface area contributed by atoms with Crippen molar-refractivity contribution in [3.8, 4) is 0 Å². The molecule has 1 N–H and O–H groups in total. The first kappa shape index (κ1) is 17.5. The molecule has 128 valence electrons. The van der Waals surface area contributed by atoms with Crippen molar-refractivity contribution in [3.63, 3.8) is 0 Å². The van der Waals surface area contributed by atoms with Gasteiger partial charge in [0, 0.05) is 6.07 Å². The van der Waals surface area contributed by atoms with Crippen molar-refractivity contribution in [2.24, 2.45) is 0 Å². The van der Waals surface area contributed by atoms with Crippen molar-refractivity contribution < 1.29 is 12.8 Å². The first-order chi connectivity index (χ1) is 11.9. The number of hydrogen-bond donors (Lipinski definition) is 1. The Labute approximate surface area is 149 Å². The molecule has 0 saturated carbocycles. The molecule has 0 bridgehead atoms. The summed E-state index contributed by atoms with van der Waals surface area (Å²) >= 11 is 0. The van der Waals surface area contributed by atoms with Crippen molar-refractivity contribution >= 4 is 26.6 Å². The van der Waals surface area contributed by atoms with Crippen LogP contribution in [0.5, 0.6) is 0 Å². The highest BCUT2D eigenvalue weighted by Crippen LogP contribution is 2.36. The Kier molecular flexibility index (Phi) is 5.11. The van der Waals surface area contributed by atoms with Gasteiger partial charge in [-0.3, -0.25) is 4.72 Å². The summed E-state index contributed by atoms with van der Waals surface area (Å²) in [5, 5.41) is 0. The predicted molar refractivity (Wildman–Crippen MR) is 99.9 cm³/mol. The molecule has 0 aliphatic rings. The van der Waals surface area contributed by atoms with E-state index in [0.29, 0.717) is 0 Å². The van der Waals surface area contributed by atoms with Gasteiger partial charge in [-0.05, 0) is 36.4 Å². The van der Waals surface area contributed by atoms with Crippen molar-refractivity contribution in [3.05, 3.63) is 84.7 Å². The van der Waals surface area contributed by atoms with E-state index in [1.807, 2.05) is 60.7 Å². The maximum absolute atomic E-state index is 13.8. The Bertz CT molecular complexity index is 922. The van der Waals surface area contributed by atoms with Crippen molar-refractivity contribution in [2.45, 2.75) is 14.7 Å². The monoisotopic (exact) mass is 374 g/mol. The van der Waals surface area contributed by atoms with Crippen LogP contribution in [0.25, 0.3) is 0 Å². The molecule has 0 aliphatic carbocycles. The molecule has 3 rings (SSSR count). The molecule has 25 heavy (non-hydrogen) atoms. The fourth-order valence-electron chi connectivity index (χ4n) is 2.46. The minimum absolute atomic E-state index is 0.263. The Morgan fingerprint density at radius 3 is 1.84 bits per heavy atom. The van der Waals surface area contributed by atoms with E-state index in [9.17, 15) is 12.8 Å². The van der Waals surface area contributed by atoms with E-state index in [2.05, 4.69) is 4.72 Å². The van der Waals surface area contributed by atoms with Gasteiger partial charge in [0.1, 0.15) is 22.4 Å². The van der Waals surface area contributed by atoms with Crippen LogP contribution >= 0.6 is 0 Å². The van der Waals surface area contributed by atoms with Gasteiger partial charge < -0.3 is 0 Å². The molecule has 0 aliphatic heterocycles. The van der Waals surface area contributed by atoms with E-state index in [4.69, 9.17) is 0 Å². The van der Waals surface area contributed by atoms with Crippen LogP contribution in [-0.2, 0) is 20.9 Å². The minimum Gasteiger partial charge on any atom is -0.279 e. The number of sulfonamides is 1. The Morgan fingerprint density at radius 1 is 0.840 bits per heavy atom. The molecule has 3 nitrogen and oxygen atoms in total. The van der Waals surface area contributed by atoms with Crippen LogP contribution in [0, 0.1) is 5.82 Å². The predicted octanol–water partition coefficient (Wildman–Crippen LogP) is 4.29. The molecule has 0 aromatic heterocycles. The highest BCUT2D eigenvalue weighted by molar-refractivity contribution is 7.97. The summed E-state index contributed by atoms with van der Waals surface area (Å²) in [6.07, 6.45) is 1.06. The van der Waals surface area contributed by atoms with E-state index < -0.39 is 26.7 Å². The largest absolute Gasteiger partial charge is 0.279 e. The molecular formula is C19H17FNO2S2+. The molecule has 0 saturated heterocycles. The summed E-state index contributed by atoms with van der Waals surface area (Å²) in [4.78, 5) is 2.78. The number of benzene rings is 3. The second-order valence-electron chi connectivity index (χ2n) is 5.45. The Morgan fingerprint density at radius 2 is 1.36 bits per heavy atom. The van der Waals surface area contributed by atoms with Crippen LogP contribution < -0.4 is 4.72 Å². The topological polar surface area (TPSA) is 46.2 Å². The van der Waals surface area contributed by atoms with Gasteiger partial charge in [-0.1, -0.05) is 36.4 Å². The summed E-state index contributed by atoms with van der Waals surface area (Å²) < 4.78 is 39.7. The van der Waals surface area contributed by atoms with Gasteiger partial charge in [0.15, 0.2) is 14.7 Å². The molecule has 3 aromatic carbocycles. The molecule has 0 unspecified atom stereocenters. The van der Waals surface area contributed by atoms with E-state index in [1.165, 1.54) is 12.1 Å². The molecule has 0 spiro atoms. The zero-order valence-electron chi connectivity index (χ0n) is 13.5. The van der Waals surface area contributed by atoms with Gasteiger partial charge in [-0.2, -0.15) is 0 Å². The van der Waals surface area contributed by atoms with E-state index in [-0.39, 0.29) is 5.69 Å². The molecular weight excluding hydrogens is 357 g/mol. The summed E-state index contributed by atoms with van der Waals surface area (Å²) in [7, 11) is -4.09. The van der Waals surface area contributed by atoms with Crippen molar-refractivity contribution in [1.82, 2.24) is 0 Å². The molecule has 6 heteroatoms. The Balaban J connectivity index is 2.21. The number of anilines is 1. The van der Waals surface area contributed by atoms with Gasteiger partial charge in [0.25, 0.3) is 0 Å². The molecule has 0 fully saturated rings. The maximum atomic E-state index is 13.8. The lowest BCUT2D eigenvalue weighted by Crippen LogP contribution is -2.14. The second kappa shape index (κ2) is 7.29. The zero-order chi connectivity index (χ0) is 17.9. The van der Waals surface area contributed by atoms with Crippen molar-refractivity contribution in [1.29, 1.82) is 0 Å². The number of hydrogen-bond acceptors (Lipinski definition) is 2. The lowest BCUT2D eigenvalue weighted by molar-refractivity contribution is 0.606. The first-order valence-corrected chi connectivity index (χ1v) is 10.7. The fourth-order valence-corrected chi connectivity index (χ4v) is 5.27. The van der Waals surface area contributed by atoms with Crippen LogP contribution in [0.1, 0.15) is 0 Å². The van der Waals surface area contributed by atoms with E-state index in [0.717, 1.165) is 20.9 Å². The van der Waals surface area contributed by atoms with Crippen LogP contribution in [0.4, 0.5) is 10.1 Å². The third-order valence-corrected chi connectivity index (χ3v) is 6.29. The zero-order valence-corrected chi connectivity index (χ0v) is 15.1. The first-order valence-electron chi connectivity index (χ1n) is 7.56. The summed E-state index contributed by atoms with van der Waals surface area (Å²) in [6.45, 7) is 0.